The molecule has 8 heteroatoms. The Labute approximate surface area is 132 Å². The number of benzene rings is 1. The number of fused-ring (bicyclic) bond motifs is 1. The first-order chi connectivity index (χ1) is 9.74. The first kappa shape index (κ1) is 16.1. The molecular formula is C13H11F3INO3. The first-order valence-electron chi connectivity index (χ1n) is 5.96. The maximum atomic E-state index is 13.2. The lowest BCUT2D eigenvalue weighted by Crippen LogP contribution is -2.46. The van der Waals surface area contributed by atoms with Crippen molar-refractivity contribution in [3.05, 3.63) is 32.9 Å². The molecular weight excluding hydrogens is 402 g/mol. The predicted octanol–water partition coefficient (Wildman–Crippen LogP) is 2.57. The van der Waals surface area contributed by atoms with Gasteiger partial charge < -0.3 is 9.64 Å². The summed E-state index contributed by atoms with van der Waals surface area (Å²) in [6.07, 6.45) is -4.49. The van der Waals surface area contributed by atoms with Crippen LogP contribution in [-0.4, -0.2) is 43.2 Å². The Morgan fingerprint density at radius 2 is 2.14 bits per heavy atom. The Kier molecular flexibility index (Phi) is 4.45. The lowest BCUT2D eigenvalue weighted by molar-refractivity contribution is -0.157. The molecule has 0 spiro atoms. The van der Waals surface area contributed by atoms with Crippen molar-refractivity contribution in [2.75, 3.05) is 20.2 Å². The minimum Gasteiger partial charge on any atom is -0.468 e. The van der Waals surface area contributed by atoms with Crippen LogP contribution in [0, 0.1) is 3.57 Å². The second-order valence-corrected chi connectivity index (χ2v) is 5.83. The van der Waals surface area contributed by atoms with E-state index >= 15 is 0 Å². The molecule has 0 fully saturated rings. The van der Waals surface area contributed by atoms with E-state index in [1.54, 1.807) is 6.07 Å². The molecule has 0 unspecified atom stereocenters. The largest absolute Gasteiger partial charge is 0.468 e. The average Bonchev–Trinajstić information content (AvgIpc) is 2.40. The topological polar surface area (TPSA) is 46.6 Å². The maximum Gasteiger partial charge on any atom is 0.397 e. The van der Waals surface area contributed by atoms with Crippen molar-refractivity contribution in [1.82, 2.24) is 4.90 Å². The molecule has 4 nitrogen and oxygen atoms in total. The molecule has 0 aliphatic carbocycles. The predicted molar refractivity (Wildman–Crippen MR) is 75.9 cm³/mol. The zero-order valence-corrected chi connectivity index (χ0v) is 13.1. The summed E-state index contributed by atoms with van der Waals surface area (Å²) in [5.41, 5.74) is -0.0617. The number of esters is 1. The zero-order chi connectivity index (χ0) is 15.8. The summed E-state index contributed by atoms with van der Waals surface area (Å²) in [7, 11) is 1.12. The lowest BCUT2D eigenvalue weighted by atomic mass is 9.89. The Hall–Kier alpha value is -1.32. The van der Waals surface area contributed by atoms with Gasteiger partial charge in [0.05, 0.1) is 13.0 Å². The second-order valence-electron chi connectivity index (χ2n) is 4.59. The number of hydrogen-bond acceptors (Lipinski definition) is 3. The summed E-state index contributed by atoms with van der Waals surface area (Å²) in [5, 5.41) is 0. The lowest BCUT2D eigenvalue weighted by Gasteiger charge is -2.34. The SMILES string of the molecule is COC(=O)CN1C[C@@H](C(F)(F)F)c2cc(I)ccc2C1=O. The number of ether oxygens (including phenoxy) is 1. The number of rotatable bonds is 2. The zero-order valence-electron chi connectivity index (χ0n) is 10.9. The summed E-state index contributed by atoms with van der Waals surface area (Å²) >= 11 is 1.90. The third-order valence-electron chi connectivity index (χ3n) is 3.25. The molecule has 1 amide bonds. The molecule has 0 aromatic heterocycles. The average molecular weight is 413 g/mol. The monoisotopic (exact) mass is 413 g/mol. The number of nitrogens with zero attached hydrogens (tertiary/aromatic N) is 1. The maximum absolute atomic E-state index is 13.2. The molecule has 1 aromatic rings. The standard InChI is InChI=1S/C13H11F3INO3/c1-21-11(19)6-18-5-10(13(14,15)16)9-4-7(17)2-3-8(9)12(18)20/h2-4,10H,5-6H2,1H3/t10-/m1/s1. The van der Waals surface area contributed by atoms with Crippen LogP contribution in [0.15, 0.2) is 18.2 Å². The van der Waals surface area contributed by atoms with Gasteiger partial charge in [-0.3, -0.25) is 9.59 Å². The van der Waals surface area contributed by atoms with E-state index in [2.05, 4.69) is 4.74 Å². The Bertz CT molecular complexity index is 589. The summed E-state index contributed by atoms with van der Waals surface area (Å²) in [4.78, 5) is 24.3. The minimum absolute atomic E-state index is 0.0205. The van der Waals surface area contributed by atoms with Crippen molar-refractivity contribution < 1.29 is 27.5 Å². The number of carbonyl (C=O) groups excluding carboxylic acids is 2. The molecule has 0 bridgehead atoms. The molecule has 1 aliphatic rings. The van der Waals surface area contributed by atoms with Crippen LogP contribution in [-0.2, 0) is 9.53 Å². The van der Waals surface area contributed by atoms with Gasteiger partial charge in [0.15, 0.2) is 0 Å². The van der Waals surface area contributed by atoms with Gasteiger partial charge in [-0.25, -0.2) is 0 Å². The molecule has 0 saturated heterocycles. The molecule has 0 radical (unpaired) electrons. The number of carbonyl (C=O) groups is 2. The fraction of sp³-hybridized carbons (Fsp3) is 0.385. The number of alkyl halides is 3. The van der Waals surface area contributed by atoms with E-state index in [4.69, 9.17) is 0 Å². The fourth-order valence-corrected chi connectivity index (χ4v) is 2.74. The van der Waals surface area contributed by atoms with Crippen LogP contribution < -0.4 is 0 Å². The van der Waals surface area contributed by atoms with Crippen LogP contribution in [0.1, 0.15) is 21.8 Å². The van der Waals surface area contributed by atoms with Crippen molar-refractivity contribution in [1.29, 1.82) is 0 Å². The van der Waals surface area contributed by atoms with Gasteiger partial charge in [-0.15, -0.1) is 0 Å². The smallest absolute Gasteiger partial charge is 0.397 e. The van der Waals surface area contributed by atoms with Crippen LogP contribution >= 0.6 is 22.6 Å². The molecule has 1 heterocycles. The van der Waals surface area contributed by atoms with Crippen LogP contribution in [0.25, 0.3) is 0 Å². The highest BCUT2D eigenvalue weighted by Gasteiger charge is 2.47. The van der Waals surface area contributed by atoms with Gasteiger partial charge in [0.1, 0.15) is 6.54 Å². The van der Waals surface area contributed by atoms with Gasteiger partial charge in [-0.1, -0.05) is 0 Å². The van der Waals surface area contributed by atoms with Gasteiger partial charge in [0.2, 0.25) is 0 Å². The fourth-order valence-electron chi connectivity index (χ4n) is 2.23. The molecule has 2 rings (SSSR count). The quantitative estimate of drug-likeness (QED) is 0.554. The van der Waals surface area contributed by atoms with E-state index in [0.29, 0.717) is 3.57 Å². The molecule has 1 atom stereocenters. The summed E-state index contributed by atoms with van der Waals surface area (Å²) in [5.74, 6) is -3.14. The van der Waals surface area contributed by atoms with Gasteiger partial charge in [-0.2, -0.15) is 13.2 Å². The Morgan fingerprint density at radius 3 is 2.71 bits per heavy atom. The van der Waals surface area contributed by atoms with E-state index in [1.807, 2.05) is 22.6 Å². The van der Waals surface area contributed by atoms with Gasteiger partial charge >= 0.3 is 12.1 Å². The van der Waals surface area contributed by atoms with Crippen LogP contribution in [0.4, 0.5) is 13.2 Å². The Balaban J connectivity index is 2.45. The highest BCUT2D eigenvalue weighted by Crippen LogP contribution is 2.40. The molecule has 0 saturated carbocycles. The van der Waals surface area contributed by atoms with Crippen molar-refractivity contribution in [3.8, 4) is 0 Å². The first-order valence-corrected chi connectivity index (χ1v) is 7.04. The molecule has 1 aliphatic heterocycles. The summed E-state index contributed by atoms with van der Waals surface area (Å²) in [6.45, 7) is -1.07. The number of halogens is 4. The van der Waals surface area contributed by atoms with E-state index in [0.717, 1.165) is 12.0 Å². The molecule has 114 valence electrons. The molecule has 0 N–H and O–H groups in total. The van der Waals surface area contributed by atoms with Gasteiger partial charge in [0, 0.05) is 15.7 Å². The van der Waals surface area contributed by atoms with Crippen LogP contribution in [0.3, 0.4) is 0 Å². The van der Waals surface area contributed by atoms with E-state index in [9.17, 15) is 22.8 Å². The minimum atomic E-state index is -4.49. The summed E-state index contributed by atoms with van der Waals surface area (Å²) < 4.78 is 44.7. The van der Waals surface area contributed by atoms with E-state index in [1.165, 1.54) is 12.1 Å². The number of hydrogen-bond donors (Lipinski definition) is 0. The van der Waals surface area contributed by atoms with Crippen molar-refractivity contribution >= 4 is 34.5 Å². The Morgan fingerprint density at radius 1 is 1.48 bits per heavy atom. The molecule has 1 aromatic carbocycles. The van der Waals surface area contributed by atoms with E-state index < -0.39 is 37.1 Å². The van der Waals surface area contributed by atoms with Gasteiger partial charge in [0.25, 0.3) is 5.91 Å². The van der Waals surface area contributed by atoms with Crippen molar-refractivity contribution in [2.24, 2.45) is 0 Å². The third kappa shape index (κ3) is 3.30. The highest BCUT2D eigenvalue weighted by atomic mass is 127. The summed E-state index contributed by atoms with van der Waals surface area (Å²) in [6, 6.07) is 4.29. The number of methoxy groups -OCH3 is 1. The second kappa shape index (κ2) is 5.82. The van der Waals surface area contributed by atoms with E-state index in [-0.39, 0.29) is 11.1 Å². The number of amides is 1. The van der Waals surface area contributed by atoms with Crippen molar-refractivity contribution in [2.45, 2.75) is 12.1 Å². The van der Waals surface area contributed by atoms with Crippen LogP contribution in [0.2, 0.25) is 0 Å². The van der Waals surface area contributed by atoms with Crippen LogP contribution in [0.5, 0.6) is 0 Å². The van der Waals surface area contributed by atoms with Gasteiger partial charge in [-0.05, 0) is 46.4 Å². The highest BCUT2D eigenvalue weighted by molar-refractivity contribution is 14.1. The normalized spacial score (nSPS) is 18.4. The third-order valence-corrected chi connectivity index (χ3v) is 3.92. The van der Waals surface area contributed by atoms with Crippen molar-refractivity contribution in [3.63, 3.8) is 0 Å². The molecule has 21 heavy (non-hydrogen) atoms.